The predicted molar refractivity (Wildman–Crippen MR) is 65.2 cm³/mol. The molecule has 1 saturated carbocycles. The first kappa shape index (κ1) is 10.9. The molecule has 2 heteroatoms. The van der Waals surface area contributed by atoms with Crippen molar-refractivity contribution in [3.63, 3.8) is 0 Å². The summed E-state index contributed by atoms with van der Waals surface area (Å²) >= 11 is 3.49. The summed E-state index contributed by atoms with van der Waals surface area (Å²) in [5.41, 5.74) is 1.98. The summed E-state index contributed by atoms with van der Waals surface area (Å²) in [7, 11) is 0. The Labute approximate surface area is 99.0 Å². The van der Waals surface area contributed by atoms with Gasteiger partial charge in [0.15, 0.2) is 5.78 Å². The van der Waals surface area contributed by atoms with Crippen molar-refractivity contribution in [3.05, 3.63) is 33.8 Å². The summed E-state index contributed by atoms with van der Waals surface area (Å²) in [4.78, 5) is 12.0. The maximum atomic E-state index is 12.0. The fourth-order valence-electron chi connectivity index (χ4n) is 1.93. The van der Waals surface area contributed by atoms with Crippen LogP contribution in [0.3, 0.4) is 0 Å². The van der Waals surface area contributed by atoms with E-state index < -0.39 is 0 Å². The van der Waals surface area contributed by atoms with Crippen LogP contribution in [0.15, 0.2) is 22.7 Å². The molecule has 0 unspecified atom stereocenters. The summed E-state index contributed by atoms with van der Waals surface area (Å²) < 4.78 is 0.967. The Bertz CT molecular complexity index is 380. The molecule has 1 aromatic rings. The summed E-state index contributed by atoms with van der Waals surface area (Å²) in [6, 6.07) is 5.89. The predicted octanol–water partition coefficient (Wildman–Crippen LogP) is 4.13. The molecule has 0 aliphatic heterocycles. The largest absolute Gasteiger partial charge is 0.294 e. The van der Waals surface area contributed by atoms with Crippen LogP contribution in [0.1, 0.15) is 41.6 Å². The second-order valence-electron chi connectivity index (χ2n) is 4.36. The third-order valence-corrected chi connectivity index (χ3v) is 4.24. The number of ketones is 1. The van der Waals surface area contributed by atoms with Gasteiger partial charge in [-0.3, -0.25) is 4.79 Å². The molecule has 2 rings (SSSR count). The molecule has 0 aromatic heterocycles. The van der Waals surface area contributed by atoms with Crippen molar-refractivity contribution < 1.29 is 4.79 Å². The van der Waals surface area contributed by atoms with Gasteiger partial charge in [-0.2, -0.15) is 0 Å². The van der Waals surface area contributed by atoms with Crippen LogP contribution in [0, 0.1) is 12.8 Å². The molecule has 80 valence electrons. The molecule has 1 nitrogen and oxygen atoms in total. The van der Waals surface area contributed by atoms with E-state index in [1.54, 1.807) is 0 Å². The Morgan fingerprint density at radius 2 is 2.20 bits per heavy atom. The van der Waals surface area contributed by atoms with Crippen LogP contribution >= 0.6 is 15.9 Å². The van der Waals surface area contributed by atoms with E-state index in [-0.39, 0.29) is 5.78 Å². The zero-order valence-electron chi connectivity index (χ0n) is 8.92. The quantitative estimate of drug-likeness (QED) is 0.752. The Hall–Kier alpha value is -0.630. The van der Waals surface area contributed by atoms with E-state index in [0.29, 0.717) is 5.92 Å². The van der Waals surface area contributed by atoms with Crippen molar-refractivity contribution in [2.75, 3.05) is 0 Å². The van der Waals surface area contributed by atoms with Gasteiger partial charge in [0.1, 0.15) is 0 Å². The highest BCUT2D eigenvalue weighted by Crippen LogP contribution is 2.32. The van der Waals surface area contributed by atoms with E-state index in [1.807, 2.05) is 25.1 Å². The van der Waals surface area contributed by atoms with E-state index >= 15 is 0 Å². The average molecular weight is 267 g/mol. The van der Waals surface area contributed by atoms with Crippen LogP contribution < -0.4 is 0 Å². The van der Waals surface area contributed by atoms with E-state index in [4.69, 9.17) is 0 Å². The Morgan fingerprint density at radius 1 is 1.47 bits per heavy atom. The molecule has 1 aliphatic carbocycles. The van der Waals surface area contributed by atoms with Gasteiger partial charge in [-0.05, 0) is 34.3 Å². The highest BCUT2D eigenvalue weighted by atomic mass is 79.9. The van der Waals surface area contributed by atoms with Crippen molar-refractivity contribution in [3.8, 4) is 0 Å². The number of benzene rings is 1. The summed E-state index contributed by atoms with van der Waals surface area (Å²) in [5, 5.41) is 0. The van der Waals surface area contributed by atoms with Crippen molar-refractivity contribution in [1.82, 2.24) is 0 Å². The molecule has 1 aliphatic rings. The number of Topliss-reactive ketones (excluding diaryl/α,β-unsaturated/α-hetero) is 1. The molecule has 0 saturated heterocycles. The van der Waals surface area contributed by atoms with E-state index in [1.165, 1.54) is 19.3 Å². The van der Waals surface area contributed by atoms with Crippen molar-refractivity contribution >= 4 is 21.7 Å². The Morgan fingerprint density at radius 3 is 2.80 bits per heavy atom. The van der Waals surface area contributed by atoms with E-state index in [2.05, 4.69) is 15.9 Å². The SMILES string of the molecule is Cc1cccc(C(=O)CC2CCC2)c1Br. The normalized spacial score (nSPS) is 16.1. The van der Waals surface area contributed by atoms with Crippen molar-refractivity contribution in [1.29, 1.82) is 0 Å². The fraction of sp³-hybridized carbons (Fsp3) is 0.462. The first-order valence-electron chi connectivity index (χ1n) is 5.47. The molecular weight excluding hydrogens is 252 g/mol. The third kappa shape index (κ3) is 2.31. The lowest BCUT2D eigenvalue weighted by Gasteiger charge is -2.24. The van der Waals surface area contributed by atoms with E-state index in [9.17, 15) is 4.79 Å². The molecule has 0 atom stereocenters. The molecule has 0 spiro atoms. The molecular formula is C13H15BrO. The molecule has 0 heterocycles. The van der Waals surface area contributed by atoms with Crippen LogP contribution in [0.25, 0.3) is 0 Å². The number of hydrogen-bond donors (Lipinski definition) is 0. The Balaban J connectivity index is 2.13. The monoisotopic (exact) mass is 266 g/mol. The highest BCUT2D eigenvalue weighted by molar-refractivity contribution is 9.10. The second-order valence-corrected chi connectivity index (χ2v) is 5.15. The minimum atomic E-state index is 0.287. The maximum absolute atomic E-state index is 12.0. The van der Waals surface area contributed by atoms with Crippen LogP contribution in [0.5, 0.6) is 0 Å². The smallest absolute Gasteiger partial charge is 0.164 e. The minimum Gasteiger partial charge on any atom is -0.294 e. The minimum absolute atomic E-state index is 0.287. The van der Waals surface area contributed by atoms with Gasteiger partial charge in [-0.25, -0.2) is 0 Å². The molecule has 1 fully saturated rings. The van der Waals surface area contributed by atoms with E-state index in [0.717, 1.165) is 22.0 Å². The fourth-order valence-corrected chi connectivity index (χ4v) is 2.42. The van der Waals surface area contributed by atoms with Crippen molar-refractivity contribution in [2.24, 2.45) is 5.92 Å². The first-order valence-corrected chi connectivity index (χ1v) is 6.26. The first-order chi connectivity index (χ1) is 7.18. The lowest BCUT2D eigenvalue weighted by atomic mass is 9.81. The standard InChI is InChI=1S/C13H15BrO/c1-9-4-2-7-11(13(9)14)12(15)8-10-5-3-6-10/h2,4,7,10H,3,5-6,8H2,1H3. The number of halogens is 1. The lowest BCUT2D eigenvalue weighted by Crippen LogP contribution is -2.16. The van der Waals surface area contributed by atoms with Gasteiger partial charge >= 0.3 is 0 Å². The van der Waals surface area contributed by atoms with Crippen LogP contribution in [-0.4, -0.2) is 5.78 Å². The molecule has 0 radical (unpaired) electrons. The number of hydrogen-bond acceptors (Lipinski definition) is 1. The Kier molecular flexibility index (Phi) is 3.25. The molecule has 0 bridgehead atoms. The summed E-state index contributed by atoms with van der Waals surface area (Å²) in [6.07, 6.45) is 4.49. The third-order valence-electron chi connectivity index (χ3n) is 3.19. The number of carbonyl (C=O) groups excluding carboxylic acids is 1. The number of aryl methyl sites for hydroxylation is 1. The highest BCUT2D eigenvalue weighted by Gasteiger charge is 2.22. The molecule has 1 aromatic carbocycles. The van der Waals surface area contributed by atoms with Crippen LogP contribution in [0.2, 0.25) is 0 Å². The van der Waals surface area contributed by atoms with Gasteiger partial charge < -0.3 is 0 Å². The van der Waals surface area contributed by atoms with Gasteiger partial charge in [0.25, 0.3) is 0 Å². The maximum Gasteiger partial charge on any atom is 0.164 e. The zero-order valence-corrected chi connectivity index (χ0v) is 10.5. The molecule has 0 amide bonds. The lowest BCUT2D eigenvalue weighted by molar-refractivity contribution is 0.0935. The van der Waals surface area contributed by atoms with Crippen LogP contribution in [0.4, 0.5) is 0 Å². The van der Waals surface area contributed by atoms with Crippen LogP contribution in [-0.2, 0) is 0 Å². The second kappa shape index (κ2) is 4.48. The van der Waals surface area contributed by atoms with Gasteiger partial charge in [-0.1, -0.05) is 37.5 Å². The summed E-state index contributed by atoms with van der Waals surface area (Å²) in [5.74, 6) is 0.931. The number of carbonyl (C=O) groups is 1. The average Bonchev–Trinajstić information content (AvgIpc) is 2.15. The molecule has 15 heavy (non-hydrogen) atoms. The van der Waals surface area contributed by atoms with Gasteiger partial charge in [0.05, 0.1) is 0 Å². The zero-order chi connectivity index (χ0) is 10.8. The molecule has 0 N–H and O–H groups in total. The topological polar surface area (TPSA) is 17.1 Å². The van der Waals surface area contributed by atoms with Gasteiger partial charge in [0.2, 0.25) is 0 Å². The van der Waals surface area contributed by atoms with Gasteiger partial charge in [-0.15, -0.1) is 0 Å². The summed E-state index contributed by atoms with van der Waals surface area (Å²) in [6.45, 7) is 2.02. The van der Waals surface area contributed by atoms with Crippen molar-refractivity contribution in [2.45, 2.75) is 32.6 Å². The number of rotatable bonds is 3. The van der Waals surface area contributed by atoms with Gasteiger partial charge in [0, 0.05) is 16.5 Å².